The van der Waals surface area contributed by atoms with E-state index in [1.807, 2.05) is 56.3 Å². The maximum Gasteiger partial charge on any atom is 0.270 e. The minimum absolute atomic E-state index is 0.244. The summed E-state index contributed by atoms with van der Waals surface area (Å²) < 4.78 is 12.6. The van der Waals surface area contributed by atoms with E-state index in [4.69, 9.17) is 14.6 Å². The van der Waals surface area contributed by atoms with Gasteiger partial charge in [0, 0.05) is 17.8 Å². The van der Waals surface area contributed by atoms with Crippen molar-refractivity contribution in [3.63, 3.8) is 0 Å². The average Bonchev–Trinajstić information content (AvgIpc) is 3.27. The van der Waals surface area contributed by atoms with Gasteiger partial charge in [0.05, 0.1) is 37.8 Å². The monoisotopic (exact) mass is 442 g/mol. The number of nitrogens with one attached hydrogen (secondary N) is 1. The molecular weight excluding hydrogens is 416 g/mol. The van der Waals surface area contributed by atoms with E-state index in [1.54, 1.807) is 37.2 Å². The molecule has 168 valence electrons. The van der Waals surface area contributed by atoms with Gasteiger partial charge in [0.1, 0.15) is 17.2 Å². The van der Waals surface area contributed by atoms with Crippen LogP contribution >= 0.6 is 0 Å². The summed E-state index contributed by atoms with van der Waals surface area (Å²) >= 11 is 0. The number of carbonyl (C=O) groups is 1. The standard InChI is InChI=1S/C26H26N4O3/c1-17-8-11-23(18(2)13-17)30-24(26(31)28-16-19-7-5-6-12-27-19)15-22(29-30)21-10-9-20(32-3)14-25(21)33-4/h5-15H,16H2,1-4H3,(H,28,31). The maximum atomic E-state index is 13.2. The Labute approximate surface area is 193 Å². The molecule has 2 aromatic heterocycles. The summed E-state index contributed by atoms with van der Waals surface area (Å²) in [5.74, 6) is 1.05. The molecule has 0 bridgehead atoms. The van der Waals surface area contributed by atoms with Gasteiger partial charge in [-0.2, -0.15) is 5.10 Å². The van der Waals surface area contributed by atoms with E-state index in [1.165, 1.54) is 0 Å². The molecule has 0 radical (unpaired) electrons. The summed E-state index contributed by atoms with van der Waals surface area (Å²) in [6, 6.07) is 18.9. The Kier molecular flexibility index (Phi) is 6.40. The highest BCUT2D eigenvalue weighted by molar-refractivity contribution is 5.94. The summed E-state index contributed by atoms with van der Waals surface area (Å²) in [6.07, 6.45) is 1.70. The van der Waals surface area contributed by atoms with Crippen molar-refractivity contribution in [3.05, 3.63) is 89.4 Å². The third-order valence-electron chi connectivity index (χ3n) is 5.36. The maximum absolute atomic E-state index is 13.2. The lowest BCUT2D eigenvalue weighted by molar-refractivity contribution is 0.0942. The van der Waals surface area contributed by atoms with Crippen molar-refractivity contribution in [3.8, 4) is 28.4 Å². The van der Waals surface area contributed by atoms with Gasteiger partial charge in [0.2, 0.25) is 0 Å². The molecule has 7 nitrogen and oxygen atoms in total. The topological polar surface area (TPSA) is 78.3 Å². The molecule has 0 fully saturated rings. The molecule has 0 unspecified atom stereocenters. The number of nitrogens with zero attached hydrogens (tertiary/aromatic N) is 3. The van der Waals surface area contributed by atoms with E-state index in [0.717, 1.165) is 28.1 Å². The molecule has 4 rings (SSSR count). The van der Waals surface area contributed by atoms with Gasteiger partial charge in [-0.05, 0) is 55.8 Å². The number of hydrogen-bond donors (Lipinski definition) is 1. The number of hydrogen-bond acceptors (Lipinski definition) is 5. The highest BCUT2D eigenvalue weighted by Gasteiger charge is 2.21. The van der Waals surface area contributed by atoms with Crippen LogP contribution in [0, 0.1) is 13.8 Å². The Hall–Kier alpha value is -4.13. The molecule has 33 heavy (non-hydrogen) atoms. The summed E-state index contributed by atoms with van der Waals surface area (Å²) in [5, 5.41) is 7.76. The molecular formula is C26H26N4O3. The van der Waals surface area contributed by atoms with Crippen molar-refractivity contribution >= 4 is 5.91 Å². The van der Waals surface area contributed by atoms with Crippen LogP contribution < -0.4 is 14.8 Å². The molecule has 0 aliphatic rings. The lowest BCUT2D eigenvalue weighted by atomic mass is 10.1. The fourth-order valence-corrected chi connectivity index (χ4v) is 3.68. The lowest BCUT2D eigenvalue weighted by Gasteiger charge is -2.11. The van der Waals surface area contributed by atoms with Gasteiger partial charge in [0.15, 0.2) is 0 Å². The number of pyridine rings is 1. The molecule has 0 saturated carbocycles. The Morgan fingerprint density at radius 3 is 2.55 bits per heavy atom. The molecule has 2 aromatic carbocycles. The highest BCUT2D eigenvalue weighted by Crippen LogP contribution is 2.33. The largest absolute Gasteiger partial charge is 0.497 e. The Balaban J connectivity index is 1.77. The fourth-order valence-electron chi connectivity index (χ4n) is 3.68. The van der Waals surface area contributed by atoms with E-state index < -0.39 is 0 Å². The second-order valence-electron chi connectivity index (χ2n) is 7.69. The number of carbonyl (C=O) groups excluding carboxylic acids is 1. The summed E-state index contributed by atoms with van der Waals surface area (Å²) in [6.45, 7) is 4.36. The zero-order chi connectivity index (χ0) is 23.4. The minimum atomic E-state index is -0.244. The molecule has 0 aliphatic carbocycles. The minimum Gasteiger partial charge on any atom is -0.497 e. The molecule has 0 saturated heterocycles. The van der Waals surface area contributed by atoms with Gasteiger partial charge in [-0.1, -0.05) is 23.8 Å². The molecule has 2 heterocycles. The van der Waals surface area contributed by atoms with Gasteiger partial charge in [-0.25, -0.2) is 4.68 Å². The summed E-state index contributed by atoms with van der Waals surface area (Å²) in [4.78, 5) is 17.5. The number of aromatic nitrogens is 3. The first-order valence-corrected chi connectivity index (χ1v) is 10.6. The zero-order valence-electron chi connectivity index (χ0n) is 19.1. The van der Waals surface area contributed by atoms with Gasteiger partial charge in [-0.15, -0.1) is 0 Å². The third kappa shape index (κ3) is 4.72. The van der Waals surface area contributed by atoms with Crippen LogP contribution in [0.15, 0.2) is 66.9 Å². The first-order chi connectivity index (χ1) is 16.0. The number of aryl methyl sites for hydroxylation is 2. The second kappa shape index (κ2) is 9.56. The van der Waals surface area contributed by atoms with Crippen molar-refractivity contribution in [2.45, 2.75) is 20.4 Å². The SMILES string of the molecule is COc1ccc(-c2cc(C(=O)NCc3ccccn3)n(-c3ccc(C)cc3C)n2)c(OC)c1. The van der Waals surface area contributed by atoms with Crippen LogP contribution in [0.2, 0.25) is 0 Å². The predicted octanol–water partition coefficient (Wildman–Crippen LogP) is 4.50. The van der Waals surface area contributed by atoms with Crippen LogP contribution in [-0.2, 0) is 6.54 Å². The molecule has 0 spiro atoms. The fraction of sp³-hybridized carbons (Fsp3) is 0.192. The molecule has 7 heteroatoms. The zero-order valence-corrected chi connectivity index (χ0v) is 19.1. The normalized spacial score (nSPS) is 10.7. The first-order valence-electron chi connectivity index (χ1n) is 10.6. The van der Waals surface area contributed by atoms with Crippen molar-refractivity contribution in [2.75, 3.05) is 14.2 Å². The predicted molar refractivity (Wildman–Crippen MR) is 127 cm³/mol. The van der Waals surface area contributed by atoms with Crippen molar-refractivity contribution in [2.24, 2.45) is 0 Å². The Bertz CT molecular complexity index is 1280. The van der Waals surface area contributed by atoms with Crippen molar-refractivity contribution < 1.29 is 14.3 Å². The molecule has 4 aromatic rings. The van der Waals surface area contributed by atoms with Gasteiger partial charge < -0.3 is 14.8 Å². The highest BCUT2D eigenvalue weighted by atomic mass is 16.5. The van der Waals surface area contributed by atoms with Crippen LogP contribution in [0.1, 0.15) is 27.3 Å². The van der Waals surface area contributed by atoms with E-state index >= 15 is 0 Å². The Morgan fingerprint density at radius 2 is 1.85 bits per heavy atom. The van der Waals surface area contributed by atoms with Crippen LogP contribution in [0.25, 0.3) is 16.9 Å². The molecule has 0 atom stereocenters. The van der Waals surface area contributed by atoms with Crippen LogP contribution in [0.5, 0.6) is 11.5 Å². The molecule has 1 amide bonds. The third-order valence-corrected chi connectivity index (χ3v) is 5.36. The number of amides is 1. The van der Waals surface area contributed by atoms with Crippen LogP contribution in [0.3, 0.4) is 0 Å². The number of methoxy groups -OCH3 is 2. The Morgan fingerprint density at radius 1 is 1.00 bits per heavy atom. The lowest BCUT2D eigenvalue weighted by Crippen LogP contribution is -2.26. The van der Waals surface area contributed by atoms with E-state index in [0.29, 0.717) is 29.4 Å². The van der Waals surface area contributed by atoms with Gasteiger partial charge in [-0.3, -0.25) is 9.78 Å². The van der Waals surface area contributed by atoms with Crippen LogP contribution in [0.4, 0.5) is 0 Å². The second-order valence-corrected chi connectivity index (χ2v) is 7.69. The number of benzene rings is 2. The first kappa shape index (κ1) is 22.1. The number of rotatable bonds is 7. The van der Waals surface area contributed by atoms with Crippen molar-refractivity contribution in [1.82, 2.24) is 20.1 Å². The number of ether oxygens (including phenoxy) is 2. The summed E-state index contributed by atoms with van der Waals surface area (Å²) in [5.41, 5.74) is 5.58. The van der Waals surface area contributed by atoms with Gasteiger partial charge in [0.25, 0.3) is 5.91 Å². The average molecular weight is 443 g/mol. The van der Waals surface area contributed by atoms with E-state index in [2.05, 4.69) is 16.4 Å². The van der Waals surface area contributed by atoms with Gasteiger partial charge >= 0.3 is 0 Å². The quantitative estimate of drug-likeness (QED) is 0.456. The smallest absolute Gasteiger partial charge is 0.270 e. The van der Waals surface area contributed by atoms with Crippen molar-refractivity contribution in [1.29, 1.82) is 0 Å². The van der Waals surface area contributed by atoms with E-state index in [-0.39, 0.29) is 5.91 Å². The summed E-state index contributed by atoms with van der Waals surface area (Å²) in [7, 11) is 3.20. The van der Waals surface area contributed by atoms with Crippen LogP contribution in [-0.4, -0.2) is 34.9 Å². The van der Waals surface area contributed by atoms with E-state index in [9.17, 15) is 4.79 Å². The molecule has 1 N–H and O–H groups in total. The molecule has 0 aliphatic heterocycles.